The number of phenols is 1. The normalized spacial score (nSPS) is 18.7. The van der Waals surface area contributed by atoms with Crippen LogP contribution in [0.5, 0.6) is 11.5 Å². The van der Waals surface area contributed by atoms with Crippen molar-refractivity contribution >= 4 is 16.9 Å². The summed E-state index contributed by atoms with van der Waals surface area (Å²) in [7, 11) is 1.42. The number of ether oxygens (including phenoxy) is 2. The Labute approximate surface area is 188 Å². The minimum absolute atomic E-state index is 0.0434. The van der Waals surface area contributed by atoms with E-state index < -0.39 is 23.2 Å². The van der Waals surface area contributed by atoms with Crippen molar-refractivity contribution < 1.29 is 28.2 Å². The van der Waals surface area contributed by atoms with E-state index in [1.807, 2.05) is 0 Å². The molecule has 2 aliphatic rings. The van der Waals surface area contributed by atoms with Crippen molar-refractivity contribution in [1.82, 2.24) is 9.80 Å². The SMILES string of the molecule is COc1cc(C2c3c(oc4ccc(F)cc4c3=O)C(=O)N2CCN2CCOCC2)ccc1O. The van der Waals surface area contributed by atoms with Gasteiger partial charge in [-0.25, -0.2) is 4.39 Å². The molecule has 3 aromatic rings. The summed E-state index contributed by atoms with van der Waals surface area (Å²) in [5.74, 6) is -0.848. The molecule has 2 aromatic carbocycles. The van der Waals surface area contributed by atoms with Crippen LogP contribution in [0.3, 0.4) is 0 Å². The molecule has 0 radical (unpaired) electrons. The van der Waals surface area contributed by atoms with Gasteiger partial charge in [0, 0.05) is 26.2 Å². The minimum atomic E-state index is -0.757. The van der Waals surface area contributed by atoms with Gasteiger partial charge in [0.1, 0.15) is 11.4 Å². The van der Waals surface area contributed by atoms with Crippen LogP contribution in [-0.4, -0.2) is 67.3 Å². The lowest BCUT2D eigenvalue weighted by atomic mass is 9.98. The number of carbonyl (C=O) groups is 1. The number of halogens is 1. The fraction of sp³-hybridized carbons (Fsp3) is 0.333. The summed E-state index contributed by atoms with van der Waals surface area (Å²) in [5.41, 5.74) is 0.449. The van der Waals surface area contributed by atoms with Gasteiger partial charge in [0.05, 0.1) is 37.3 Å². The van der Waals surface area contributed by atoms with Crippen molar-refractivity contribution in [1.29, 1.82) is 0 Å². The number of morpholine rings is 1. The van der Waals surface area contributed by atoms with E-state index in [2.05, 4.69) is 4.90 Å². The zero-order valence-electron chi connectivity index (χ0n) is 18.0. The lowest BCUT2D eigenvalue weighted by Crippen LogP contribution is -2.42. The number of hydrogen-bond donors (Lipinski definition) is 1. The first-order valence-corrected chi connectivity index (χ1v) is 10.7. The molecule has 1 unspecified atom stereocenters. The van der Waals surface area contributed by atoms with E-state index >= 15 is 0 Å². The van der Waals surface area contributed by atoms with Gasteiger partial charge in [-0.05, 0) is 35.9 Å². The van der Waals surface area contributed by atoms with Crippen molar-refractivity contribution in [2.75, 3.05) is 46.5 Å². The highest BCUT2D eigenvalue weighted by Gasteiger charge is 2.43. The Morgan fingerprint density at radius 2 is 1.91 bits per heavy atom. The number of benzene rings is 2. The maximum absolute atomic E-state index is 13.9. The lowest BCUT2D eigenvalue weighted by Gasteiger charge is -2.31. The Bertz CT molecular complexity index is 1280. The predicted octanol–water partition coefficient (Wildman–Crippen LogP) is 2.52. The molecular formula is C24H23FN2O6. The molecule has 1 amide bonds. The van der Waals surface area contributed by atoms with Gasteiger partial charge in [0.15, 0.2) is 16.9 Å². The van der Waals surface area contributed by atoms with Gasteiger partial charge in [-0.1, -0.05) is 6.07 Å². The standard InChI is InChI=1S/C24H23FN2O6/c1-31-19-12-14(2-4-17(19)28)21-20-22(29)16-13-15(25)3-5-18(16)33-23(20)24(30)27(21)7-6-26-8-10-32-11-9-26/h2-5,12-13,21,28H,6-11H2,1H3. The Morgan fingerprint density at radius 1 is 1.12 bits per heavy atom. The molecule has 8 nitrogen and oxygen atoms in total. The van der Waals surface area contributed by atoms with E-state index in [0.29, 0.717) is 31.9 Å². The van der Waals surface area contributed by atoms with Crippen LogP contribution < -0.4 is 10.2 Å². The molecule has 0 bridgehead atoms. The average Bonchev–Trinajstić information content (AvgIpc) is 3.11. The summed E-state index contributed by atoms with van der Waals surface area (Å²) in [6.07, 6.45) is 0. The number of fused-ring (bicyclic) bond motifs is 2. The third-order valence-corrected chi connectivity index (χ3v) is 6.21. The molecule has 3 heterocycles. The summed E-state index contributed by atoms with van der Waals surface area (Å²) in [6.45, 7) is 3.71. The number of phenolic OH excluding ortho intramolecular Hbond substituents is 1. The van der Waals surface area contributed by atoms with Crippen LogP contribution >= 0.6 is 0 Å². The predicted molar refractivity (Wildman–Crippen MR) is 117 cm³/mol. The highest BCUT2D eigenvalue weighted by molar-refractivity contribution is 5.99. The van der Waals surface area contributed by atoms with Crippen LogP contribution in [0, 0.1) is 5.82 Å². The summed E-state index contributed by atoms with van der Waals surface area (Å²) in [5, 5.41) is 10.1. The molecular weight excluding hydrogens is 431 g/mol. The molecule has 172 valence electrons. The van der Waals surface area contributed by atoms with Gasteiger partial charge in [-0.3, -0.25) is 14.5 Å². The first-order chi connectivity index (χ1) is 16.0. The molecule has 33 heavy (non-hydrogen) atoms. The van der Waals surface area contributed by atoms with Crippen molar-refractivity contribution in [3.05, 3.63) is 69.3 Å². The molecule has 2 aliphatic heterocycles. The summed E-state index contributed by atoms with van der Waals surface area (Å²) in [4.78, 5) is 30.7. The zero-order valence-corrected chi connectivity index (χ0v) is 18.0. The van der Waals surface area contributed by atoms with E-state index in [1.165, 1.54) is 25.3 Å². The quantitative estimate of drug-likeness (QED) is 0.633. The monoisotopic (exact) mass is 454 g/mol. The number of amides is 1. The number of hydrogen-bond acceptors (Lipinski definition) is 7. The van der Waals surface area contributed by atoms with Gasteiger partial charge >= 0.3 is 0 Å². The number of aromatic hydroxyl groups is 1. The maximum atomic E-state index is 13.9. The second-order valence-corrected chi connectivity index (χ2v) is 8.10. The molecule has 1 saturated heterocycles. The second-order valence-electron chi connectivity index (χ2n) is 8.10. The van der Waals surface area contributed by atoms with Gasteiger partial charge in [-0.15, -0.1) is 0 Å². The summed E-state index contributed by atoms with van der Waals surface area (Å²) in [6, 6.07) is 7.60. The topological polar surface area (TPSA) is 92.5 Å². The summed E-state index contributed by atoms with van der Waals surface area (Å²) >= 11 is 0. The molecule has 1 fully saturated rings. The Kier molecular flexibility index (Phi) is 5.51. The number of rotatable bonds is 5. The molecule has 1 aromatic heterocycles. The first kappa shape index (κ1) is 21.4. The molecule has 0 spiro atoms. The van der Waals surface area contributed by atoms with Crippen LogP contribution in [0.1, 0.15) is 27.7 Å². The highest BCUT2D eigenvalue weighted by Crippen LogP contribution is 2.40. The van der Waals surface area contributed by atoms with Crippen molar-refractivity contribution in [3.63, 3.8) is 0 Å². The fourth-order valence-electron chi connectivity index (χ4n) is 4.51. The van der Waals surface area contributed by atoms with Gasteiger partial charge < -0.3 is 23.9 Å². The minimum Gasteiger partial charge on any atom is -0.504 e. The van der Waals surface area contributed by atoms with Gasteiger partial charge in [-0.2, -0.15) is 0 Å². The first-order valence-electron chi connectivity index (χ1n) is 10.7. The highest BCUT2D eigenvalue weighted by atomic mass is 19.1. The third kappa shape index (κ3) is 3.73. The third-order valence-electron chi connectivity index (χ3n) is 6.21. The van der Waals surface area contributed by atoms with Crippen LogP contribution in [0.4, 0.5) is 4.39 Å². The van der Waals surface area contributed by atoms with E-state index in [4.69, 9.17) is 13.9 Å². The molecule has 1 N–H and O–H groups in total. The van der Waals surface area contributed by atoms with Crippen molar-refractivity contribution in [3.8, 4) is 11.5 Å². The van der Waals surface area contributed by atoms with Crippen molar-refractivity contribution in [2.45, 2.75) is 6.04 Å². The Morgan fingerprint density at radius 3 is 2.67 bits per heavy atom. The fourth-order valence-corrected chi connectivity index (χ4v) is 4.51. The maximum Gasteiger partial charge on any atom is 0.290 e. The van der Waals surface area contributed by atoms with E-state index in [0.717, 1.165) is 19.2 Å². The molecule has 0 saturated carbocycles. The lowest BCUT2D eigenvalue weighted by molar-refractivity contribution is 0.0314. The number of carbonyl (C=O) groups excluding carboxylic acids is 1. The van der Waals surface area contributed by atoms with Crippen LogP contribution in [0.15, 0.2) is 45.6 Å². The number of nitrogens with zero attached hydrogens (tertiary/aromatic N) is 2. The molecule has 9 heteroatoms. The zero-order chi connectivity index (χ0) is 23.1. The van der Waals surface area contributed by atoms with Crippen LogP contribution in [0.2, 0.25) is 0 Å². The van der Waals surface area contributed by atoms with Gasteiger partial charge in [0.2, 0.25) is 5.76 Å². The molecule has 1 atom stereocenters. The van der Waals surface area contributed by atoms with E-state index in [9.17, 15) is 19.1 Å². The van der Waals surface area contributed by atoms with Crippen LogP contribution in [0.25, 0.3) is 11.0 Å². The smallest absolute Gasteiger partial charge is 0.290 e. The molecule has 0 aliphatic carbocycles. The Hall–Kier alpha value is -3.43. The summed E-state index contributed by atoms with van der Waals surface area (Å²) < 4.78 is 30.4. The molecule has 5 rings (SSSR count). The van der Waals surface area contributed by atoms with E-state index in [1.54, 1.807) is 17.0 Å². The average molecular weight is 454 g/mol. The van der Waals surface area contributed by atoms with E-state index in [-0.39, 0.29) is 33.8 Å². The van der Waals surface area contributed by atoms with Crippen LogP contribution in [-0.2, 0) is 4.74 Å². The Balaban J connectivity index is 1.63. The largest absolute Gasteiger partial charge is 0.504 e. The van der Waals surface area contributed by atoms with Gasteiger partial charge in [0.25, 0.3) is 5.91 Å². The number of methoxy groups -OCH3 is 1. The second kappa shape index (κ2) is 8.49. The van der Waals surface area contributed by atoms with Crippen molar-refractivity contribution in [2.24, 2.45) is 0 Å².